The van der Waals surface area contributed by atoms with Crippen LogP contribution in [0.2, 0.25) is 0 Å². The maximum absolute atomic E-state index is 14.4. The van der Waals surface area contributed by atoms with Gasteiger partial charge < -0.3 is 10.6 Å². The summed E-state index contributed by atoms with van der Waals surface area (Å²) in [5, 5.41) is 6.34. The second kappa shape index (κ2) is 10.3. The number of aromatic nitrogens is 5. The fourth-order valence-electron chi connectivity index (χ4n) is 3.46. The highest BCUT2D eigenvalue weighted by atomic mass is 32.1. The molecule has 0 aliphatic carbocycles. The first kappa shape index (κ1) is 24.0. The van der Waals surface area contributed by atoms with E-state index in [0.717, 1.165) is 5.56 Å². The van der Waals surface area contributed by atoms with Crippen molar-refractivity contribution < 1.29 is 9.18 Å². The van der Waals surface area contributed by atoms with Crippen LogP contribution in [0.4, 0.5) is 10.2 Å². The quantitative estimate of drug-likeness (QED) is 0.448. The number of aryl methyl sites for hydroxylation is 1. The van der Waals surface area contributed by atoms with Crippen molar-refractivity contribution in [1.29, 1.82) is 0 Å². The number of hydrogen-bond donors (Lipinski definition) is 2. The van der Waals surface area contributed by atoms with E-state index in [2.05, 4.69) is 35.6 Å². The van der Waals surface area contributed by atoms with Crippen LogP contribution in [0.1, 0.15) is 34.6 Å². The van der Waals surface area contributed by atoms with Crippen LogP contribution < -0.4 is 10.6 Å². The van der Waals surface area contributed by atoms with Gasteiger partial charge in [0.15, 0.2) is 0 Å². The molecule has 0 spiro atoms. The van der Waals surface area contributed by atoms with Gasteiger partial charge in [0.1, 0.15) is 23.8 Å². The number of carbonyl (C=O) groups is 1. The van der Waals surface area contributed by atoms with Crippen LogP contribution in [0, 0.1) is 12.7 Å². The monoisotopic (exact) mass is 465 g/mol. The Bertz CT molecular complexity index is 1280. The van der Waals surface area contributed by atoms with Gasteiger partial charge in [-0.1, -0.05) is 6.92 Å². The lowest BCUT2D eigenvalue weighted by molar-refractivity contribution is 0.0964. The van der Waals surface area contributed by atoms with Gasteiger partial charge in [0.25, 0.3) is 5.91 Å². The Labute approximate surface area is 197 Å². The summed E-state index contributed by atoms with van der Waals surface area (Å²) in [7, 11) is 1.54. The molecule has 4 aromatic rings. The third kappa shape index (κ3) is 5.23. The molecule has 0 unspecified atom stereocenters. The van der Waals surface area contributed by atoms with Crippen LogP contribution in [0.3, 0.4) is 0 Å². The van der Waals surface area contributed by atoms with Crippen LogP contribution in [-0.4, -0.2) is 44.4 Å². The lowest BCUT2D eigenvalue weighted by Crippen LogP contribution is -2.18. The number of rotatable bonds is 6. The maximum atomic E-state index is 14.4. The van der Waals surface area contributed by atoms with E-state index in [1.807, 2.05) is 19.9 Å². The summed E-state index contributed by atoms with van der Waals surface area (Å²) in [6, 6.07) is 6.21. The predicted octanol–water partition coefficient (Wildman–Crippen LogP) is 3.62. The smallest absolute Gasteiger partial charge is 0.251 e. The fourth-order valence-corrected chi connectivity index (χ4v) is 3.46. The molecule has 170 valence electrons. The minimum atomic E-state index is -0.416. The van der Waals surface area contributed by atoms with Crippen LogP contribution >= 0.6 is 13.5 Å². The zero-order valence-corrected chi connectivity index (χ0v) is 19.4. The molecule has 1 amide bonds. The van der Waals surface area contributed by atoms with Crippen molar-refractivity contribution in [3.63, 3.8) is 0 Å². The molecule has 0 aliphatic heterocycles. The van der Waals surface area contributed by atoms with Crippen molar-refractivity contribution >= 4 is 36.1 Å². The molecule has 0 radical (unpaired) electrons. The molecule has 0 bridgehead atoms. The lowest BCUT2D eigenvalue weighted by Gasteiger charge is -2.17. The highest BCUT2D eigenvalue weighted by Crippen LogP contribution is 2.28. The Morgan fingerprint density at radius 2 is 1.85 bits per heavy atom. The van der Waals surface area contributed by atoms with E-state index >= 15 is 0 Å². The van der Waals surface area contributed by atoms with Crippen LogP contribution in [0.25, 0.3) is 22.2 Å². The van der Waals surface area contributed by atoms with E-state index in [9.17, 15) is 9.18 Å². The largest absolute Gasteiger partial charge is 0.369 e. The second-order valence-corrected chi connectivity index (χ2v) is 7.42. The molecular formula is C23H24FN7OS. The summed E-state index contributed by atoms with van der Waals surface area (Å²) in [5.41, 5.74) is 3.18. The molecule has 0 fully saturated rings. The fraction of sp³-hybridized carbons (Fsp3) is 0.217. The van der Waals surface area contributed by atoms with E-state index in [-0.39, 0.29) is 25.3 Å². The van der Waals surface area contributed by atoms with Crippen LogP contribution in [-0.2, 0) is 0 Å². The van der Waals surface area contributed by atoms with Gasteiger partial charge in [0.05, 0.1) is 16.8 Å². The van der Waals surface area contributed by atoms with Gasteiger partial charge in [-0.05, 0) is 30.7 Å². The molecule has 3 heterocycles. The number of amides is 1. The average molecular weight is 466 g/mol. The van der Waals surface area contributed by atoms with Gasteiger partial charge in [-0.3, -0.25) is 9.78 Å². The third-order valence-electron chi connectivity index (χ3n) is 5.17. The molecule has 1 atom stereocenters. The van der Waals surface area contributed by atoms with Gasteiger partial charge in [-0.2, -0.15) is 13.5 Å². The Hall–Kier alpha value is -3.66. The highest BCUT2D eigenvalue weighted by molar-refractivity contribution is 7.59. The van der Waals surface area contributed by atoms with Crippen LogP contribution in [0.5, 0.6) is 0 Å². The van der Waals surface area contributed by atoms with Gasteiger partial charge in [-0.15, -0.1) is 0 Å². The number of halogens is 1. The van der Waals surface area contributed by atoms with E-state index < -0.39 is 5.82 Å². The average Bonchev–Trinajstić information content (AvgIpc) is 2.81. The Kier molecular flexibility index (Phi) is 7.49. The zero-order valence-electron chi connectivity index (χ0n) is 18.4. The number of benzene rings is 1. The molecular weight excluding hydrogens is 441 g/mol. The van der Waals surface area contributed by atoms with Crippen molar-refractivity contribution in [2.45, 2.75) is 19.8 Å². The summed E-state index contributed by atoms with van der Waals surface area (Å²) in [5.74, 6) is 0.504. The van der Waals surface area contributed by atoms with Crippen molar-refractivity contribution in [2.75, 3.05) is 18.9 Å². The molecule has 0 aliphatic rings. The SMILES string of the molecule is CNC(=O)c1ccnc2c([C@H](C)CNc3cc(-c4cnc(C)nc4)ncn3)cc(F)cc12.S. The summed E-state index contributed by atoms with van der Waals surface area (Å²) in [4.78, 5) is 33.6. The number of pyridine rings is 1. The molecule has 3 aromatic heterocycles. The van der Waals surface area contributed by atoms with Crippen LogP contribution in [0.15, 0.2) is 49.2 Å². The molecule has 0 saturated heterocycles. The Balaban J connectivity index is 0.00000306. The van der Waals surface area contributed by atoms with Crippen molar-refractivity contribution in [3.05, 3.63) is 72.0 Å². The minimum Gasteiger partial charge on any atom is -0.369 e. The first-order valence-electron chi connectivity index (χ1n) is 10.1. The molecule has 2 N–H and O–H groups in total. The van der Waals surface area contributed by atoms with E-state index in [0.29, 0.717) is 45.9 Å². The standard InChI is InChI=1S/C23H22FN7O.H2S/c1-13(9-29-21-8-20(30-12-31-21)15-10-27-14(2)28-11-15)18-6-16(24)7-19-17(23(32)25-3)4-5-26-22(18)19;/h4-8,10-13H,9H2,1-3H3,(H,25,32)(H,29,30,31);1H2/t13-;/m1./s1. The Morgan fingerprint density at radius 3 is 2.58 bits per heavy atom. The van der Waals surface area contributed by atoms with E-state index in [4.69, 9.17) is 0 Å². The maximum Gasteiger partial charge on any atom is 0.251 e. The first-order valence-corrected chi connectivity index (χ1v) is 10.1. The number of fused-ring (bicyclic) bond motifs is 1. The summed E-state index contributed by atoms with van der Waals surface area (Å²) in [6.45, 7) is 4.26. The number of nitrogens with zero attached hydrogens (tertiary/aromatic N) is 5. The van der Waals surface area contributed by atoms with E-state index in [1.165, 1.54) is 18.5 Å². The topological polar surface area (TPSA) is 106 Å². The first-order chi connectivity index (χ1) is 15.5. The molecule has 10 heteroatoms. The molecule has 33 heavy (non-hydrogen) atoms. The zero-order chi connectivity index (χ0) is 22.7. The third-order valence-corrected chi connectivity index (χ3v) is 5.17. The van der Waals surface area contributed by atoms with Gasteiger partial charge in [0, 0.05) is 55.1 Å². The minimum absolute atomic E-state index is 0. The van der Waals surface area contributed by atoms with E-state index in [1.54, 1.807) is 31.7 Å². The van der Waals surface area contributed by atoms with Crippen molar-refractivity contribution in [1.82, 2.24) is 30.2 Å². The lowest BCUT2D eigenvalue weighted by atomic mass is 9.95. The molecule has 4 rings (SSSR count). The number of anilines is 1. The summed E-state index contributed by atoms with van der Waals surface area (Å²) >= 11 is 0. The normalized spacial score (nSPS) is 11.5. The van der Waals surface area contributed by atoms with Crippen molar-refractivity contribution in [2.24, 2.45) is 0 Å². The van der Waals surface area contributed by atoms with Gasteiger partial charge in [0.2, 0.25) is 0 Å². The second-order valence-electron chi connectivity index (χ2n) is 7.42. The summed E-state index contributed by atoms with van der Waals surface area (Å²) in [6.07, 6.45) is 6.46. The Morgan fingerprint density at radius 1 is 1.09 bits per heavy atom. The van der Waals surface area contributed by atoms with Gasteiger partial charge in [-0.25, -0.2) is 24.3 Å². The summed E-state index contributed by atoms with van der Waals surface area (Å²) < 4.78 is 14.4. The van der Waals surface area contributed by atoms with Gasteiger partial charge >= 0.3 is 0 Å². The molecule has 0 saturated carbocycles. The molecule has 1 aromatic carbocycles. The number of nitrogens with one attached hydrogen (secondary N) is 2. The predicted molar refractivity (Wildman–Crippen MR) is 130 cm³/mol. The number of hydrogen-bond acceptors (Lipinski definition) is 7. The molecule has 8 nitrogen and oxygen atoms in total. The highest BCUT2D eigenvalue weighted by Gasteiger charge is 2.17. The van der Waals surface area contributed by atoms with Crippen molar-refractivity contribution in [3.8, 4) is 11.3 Å². The number of carbonyl (C=O) groups excluding carboxylic acids is 1.